The largest absolute Gasteiger partial charge is 0.304 e. The van der Waals surface area contributed by atoms with E-state index in [1.165, 1.54) is 4.88 Å². The number of nitrogens with zero attached hydrogens (tertiary/aromatic N) is 3. The minimum absolute atomic E-state index is 0.276. The quantitative estimate of drug-likeness (QED) is 0.916. The molecule has 0 aliphatic heterocycles. The van der Waals surface area contributed by atoms with Gasteiger partial charge in [0.05, 0.1) is 23.3 Å². The van der Waals surface area contributed by atoms with Gasteiger partial charge in [0.15, 0.2) is 0 Å². The molecular weight excluding hydrogens is 312 g/mol. The summed E-state index contributed by atoms with van der Waals surface area (Å²) in [6.07, 6.45) is 5.71. The standard InChI is InChI=1S/C12H17BrN4S/c1-8(6-17-7-11(13)5-15-17)16-10(3)12-14-4-9(2)18-12/h4-5,7-8,10,16H,6H2,1-3H3/t8-,10+/m0/s1. The Morgan fingerprint density at radius 3 is 2.78 bits per heavy atom. The van der Waals surface area contributed by atoms with Gasteiger partial charge in [0.25, 0.3) is 0 Å². The number of nitrogens with one attached hydrogen (secondary N) is 1. The lowest BCUT2D eigenvalue weighted by Gasteiger charge is -2.18. The predicted molar refractivity (Wildman–Crippen MR) is 77.8 cm³/mol. The Labute approximate surface area is 120 Å². The molecule has 18 heavy (non-hydrogen) atoms. The van der Waals surface area contributed by atoms with E-state index >= 15 is 0 Å². The van der Waals surface area contributed by atoms with Crippen molar-refractivity contribution in [1.82, 2.24) is 20.1 Å². The van der Waals surface area contributed by atoms with Crippen LogP contribution in [0, 0.1) is 6.92 Å². The minimum atomic E-state index is 0.276. The summed E-state index contributed by atoms with van der Waals surface area (Å²) >= 11 is 5.15. The fourth-order valence-electron chi connectivity index (χ4n) is 1.84. The van der Waals surface area contributed by atoms with Crippen LogP contribution < -0.4 is 5.32 Å². The van der Waals surface area contributed by atoms with Gasteiger partial charge in [0.2, 0.25) is 0 Å². The highest BCUT2D eigenvalue weighted by molar-refractivity contribution is 9.10. The molecule has 6 heteroatoms. The second-order valence-electron chi connectivity index (χ2n) is 4.48. The maximum absolute atomic E-state index is 4.41. The summed E-state index contributed by atoms with van der Waals surface area (Å²) in [5.74, 6) is 0. The van der Waals surface area contributed by atoms with Crippen LogP contribution >= 0.6 is 27.3 Å². The molecule has 0 aromatic carbocycles. The molecule has 0 radical (unpaired) electrons. The maximum Gasteiger partial charge on any atom is 0.109 e. The molecule has 2 atom stereocenters. The molecule has 2 heterocycles. The molecule has 0 saturated heterocycles. The Morgan fingerprint density at radius 1 is 1.44 bits per heavy atom. The van der Waals surface area contributed by atoms with Gasteiger partial charge in [-0.1, -0.05) is 0 Å². The third-order valence-electron chi connectivity index (χ3n) is 2.61. The van der Waals surface area contributed by atoms with Crippen molar-refractivity contribution >= 4 is 27.3 Å². The normalized spacial score (nSPS) is 14.7. The highest BCUT2D eigenvalue weighted by atomic mass is 79.9. The van der Waals surface area contributed by atoms with Gasteiger partial charge in [0, 0.05) is 23.3 Å². The first-order valence-electron chi connectivity index (χ1n) is 5.91. The second-order valence-corrected chi connectivity index (χ2v) is 6.66. The van der Waals surface area contributed by atoms with E-state index in [2.05, 4.69) is 52.1 Å². The van der Waals surface area contributed by atoms with Crippen molar-refractivity contribution in [1.29, 1.82) is 0 Å². The Bertz CT molecular complexity index is 508. The van der Waals surface area contributed by atoms with Crippen LogP contribution in [0.2, 0.25) is 0 Å². The van der Waals surface area contributed by atoms with Crippen molar-refractivity contribution in [3.63, 3.8) is 0 Å². The summed E-state index contributed by atoms with van der Waals surface area (Å²) in [5, 5.41) is 8.94. The van der Waals surface area contributed by atoms with Crippen LogP contribution in [0.25, 0.3) is 0 Å². The fraction of sp³-hybridized carbons (Fsp3) is 0.500. The summed E-state index contributed by atoms with van der Waals surface area (Å²) in [6, 6.07) is 0.619. The third-order valence-corrected chi connectivity index (χ3v) is 4.11. The van der Waals surface area contributed by atoms with E-state index < -0.39 is 0 Å². The molecule has 2 rings (SSSR count). The number of aromatic nitrogens is 3. The molecular formula is C12H17BrN4S. The van der Waals surface area contributed by atoms with E-state index in [-0.39, 0.29) is 6.04 Å². The highest BCUT2D eigenvalue weighted by Gasteiger charge is 2.13. The van der Waals surface area contributed by atoms with Gasteiger partial charge < -0.3 is 5.32 Å². The van der Waals surface area contributed by atoms with Gasteiger partial charge in [-0.25, -0.2) is 4.98 Å². The zero-order valence-corrected chi connectivity index (χ0v) is 13.1. The highest BCUT2D eigenvalue weighted by Crippen LogP contribution is 2.19. The minimum Gasteiger partial charge on any atom is -0.304 e. The van der Waals surface area contributed by atoms with Crippen LogP contribution in [0.1, 0.15) is 29.8 Å². The molecule has 0 saturated carbocycles. The van der Waals surface area contributed by atoms with Crippen LogP contribution in [0.15, 0.2) is 23.1 Å². The average molecular weight is 329 g/mol. The maximum atomic E-state index is 4.41. The number of aryl methyl sites for hydroxylation is 1. The van der Waals surface area contributed by atoms with Crippen molar-refractivity contribution in [3.8, 4) is 0 Å². The lowest BCUT2D eigenvalue weighted by Crippen LogP contribution is -2.32. The van der Waals surface area contributed by atoms with E-state index in [0.717, 1.165) is 16.0 Å². The van der Waals surface area contributed by atoms with Crippen LogP contribution in [0.4, 0.5) is 0 Å². The van der Waals surface area contributed by atoms with Crippen LogP contribution in [0.3, 0.4) is 0 Å². The van der Waals surface area contributed by atoms with Crippen molar-refractivity contribution in [2.45, 2.75) is 39.4 Å². The van der Waals surface area contributed by atoms with Crippen molar-refractivity contribution < 1.29 is 0 Å². The SMILES string of the molecule is Cc1cnc([C@@H](C)N[C@@H](C)Cn2cc(Br)cn2)s1. The van der Waals surface area contributed by atoms with Gasteiger partial charge in [-0.15, -0.1) is 11.3 Å². The van der Waals surface area contributed by atoms with Crippen molar-refractivity contribution in [2.75, 3.05) is 0 Å². The molecule has 98 valence electrons. The molecule has 2 aromatic heterocycles. The lowest BCUT2D eigenvalue weighted by atomic mass is 10.2. The van der Waals surface area contributed by atoms with Crippen LogP contribution in [-0.2, 0) is 6.54 Å². The molecule has 0 spiro atoms. The second kappa shape index (κ2) is 5.95. The average Bonchev–Trinajstić information content (AvgIpc) is 2.87. The Balaban J connectivity index is 1.89. The zero-order chi connectivity index (χ0) is 13.1. The summed E-state index contributed by atoms with van der Waals surface area (Å²) in [5.41, 5.74) is 0. The summed E-state index contributed by atoms with van der Waals surface area (Å²) in [7, 11) is 0. The van der Waals surface area contributed by atoms with E-state index in [4.69, 9.17) is 0 Å². The fourth-order valence-corrected chi connectivity index (χ4v) is 2.96. The van der Waals surface area contributed by atoms with E-state index in [1.807, 2.05) is 17.1 Å². The first-order valence-corrected chi connectivity index (χ1v) is 7.52. The first kappa shape index (κ1) is 13.7. The Hall–Kier alpha value is -0.720. The molecule has 0 aliphatic rings. The molecule has 0 aliphatic carbocycles. The third kappa shape index (κ3) is 3.63. The predicted octanol–water partition coefficient (Wildman–Crippen LogP) is 3.15. The molecule has 0 fully saturated rings. The number of halogens is 1. The number of thiazole rings is 1. The molecule has 0 unspecified atom stereocenters. The molecule has 4 nitrogen and oxygen atoms in total. The van der Waals surface area contributed by atoms with Gasteiger partial charge in [0.1, 0.15) is 5.01 Å². The van der Waals surface area contributed by atoms with Crippen LogP contribution in [0.5, 0.6) is 0 Å². The lowest BCUT2D eigenvalue weighted by molar-refractivity contribution is 0.412. The van der Waals surface area contributed by atoms with Crippen molar-refractivity contribution in [2.24, 2.45) is 0 Å². The molecule has 0 bridgehead atoms. The number of hydrogen-bond donors (Lipinski definition) is 1. The zero-order valence-electron chi connectivity index (χ0n) is 10.7. The summed E-state index contributed by atoms with van der Waals surface area (Å²) < 4.78 is 2.94. The Morgan fingerprint density at radius 2 is 2.22 bits per heavy atom. The van der Waals surface area contributed by atoms with E-state index in [0.29, 0.717) is 6.04 Å². The monoisotopic (exact) mass is 328 g/mol. The van der Waals surface area contributed by atoms with E-state index in [9.17, 15) is 0 Å². The van der Waals surface area contributed by atoms with E-state index in [1.54, 1.807) is 17.5 Å². The summed E-state index contributed by atoms with van der Waals surface area (Å²) in [4.78, 5) is 5.66. The van der Waals surface area contributed by atoms with Crippen LogP contribution in [-0.4, -0.2) is 20.8 Å². The number of hydrogen-bond acceptors (Lipinski definition) is 4. The first-order chi connectivity index (χ1) is 8.54. The number of rotatable bonds is 5. The molecule has 2 aromatic rings. The summed E-state index contributed by atoms with van der Waals surface area (Å²) in [6.45, 7) is 7.24. The smallest absolute Gasteiger partial charge is 0.109 e. The van der Waals surface area contributed by atoms with Gasteiger partial charge in [-0.2, -0.15) is 5.10 Å². The van der Waals surface area contributed by atoms with Gasteiger partial charge in [-0.3, -0.25) is 4.68 Å². The molecule has 0 amide bonds. The van der Waals surface area contributed by atoms with Gasteiger partial charge >= 0.3 is 0 Å². The van der Waals surface area contributed by atoms with Gasteiger partial charge in [-0.05, 0) is 36.7 Å². The Kier molecular flexibility index (Phi) is 4.53. The van der Waals surface area contributed by atoms with Crippen molar-refractivity contribution in [3.05, 3.63) is 32.9 Å². The molecule has 1 N–H and O–H groups in total. The topological polar surface area (TPSA) is 42.7 Å².